The molecule has 0 aliphatic carbocycles. The largest absolute Gasteiger partial charge is 0.464 e. The van der Waals surface area contributed by atoms with Crippen LogP contribution in [-0.4, -0.2) is 4.98 Å². The van der Waals surface area contributed by atoms with E-state index in [4.69, 9.17) is 4.42 Å². The van der Waals surface area contributed by atoms with Gasteiger partial charge in [0.05, 0.1) is 6.26 Å². The highest BCUT2D eigenvalue weighted by Crippen LogP contribution is 2.36. The molecule has 0 saturated heterocycles. The molecule has 0 bridgehead atoms. The molecular weight excluding hydrogens is 262 g/mol. The molecular formula is C18H19NO2. The van der Waals surface area contributed by atoms with Gasteiger partial charge in [0.2, 0.25) is 0 Å². The number of benzene rings is 1. The van der Waals surface area contributed by atoms with Crippen molar-refractivity contribution in [2.24, 2.45) is 0 Å². The molecule has 0 atom stereocenters. The number of aryl methyl sites for hydroxylation is 1. The third-order valence-corrected chi connectivity index (χ3v) is 3.80. The van der Waals surface area contributed by atoms with Crippen LogP contribution < -0.4 is 5.56 Å². The highest BCUT2D eigenvalue weighted by molar-refractivity contribution is 5.89. The predicted octanol–water partition coefficient (Wildman–Crippen LogP) is 4.39. The standard InChI is InChI=1S/C18H19NO2/c1-11-10-21-16-14(11)8-12(9-15(16)18(2,3)4)13-6-5-7-19-17(13)20/h5-10H,1-4H3,(H,19,20). The number of hydrogen-bond acceptors (Lipinski definition) is 2. The summed E-state index contributed by atoms with van der Waals surface area (Å²) in [5.74, 6) is 0. The average Bonchev–Trinajstić information content (AvgIpc) is 2.79. The van der Waals surface area contributed by atoms with E-state index in [1.54, 1.807) is 12.5 Å². The lowest BCUT2D eigenvalue weighted by Crippen LogP contribution is -2.13. The highest BCUT2D eigenvalue weighted by atomic mass is 16.3. The average molecular weight is 281 g/mol. The zero-order valence-corrected chi connectivity index (χ0v) is 12.8. The molecule has 0 aliphatic rings. The molecule has 0 fully saturated rings. The highest BCUT2D eigenvalue weighted by Gasteiger charge is 2.21. The molecule has 3 nitrogen and oxygen atoms in total. The van der Waals surface area contributed by atoms with Crippen molar-refractivity contribution in [2.45, 2.75) is 33.1 Å². The van der Waals surface area contributed by atoms with Crippen LogP contribution in [0.1, 0.15) is 31.9 Å². The van der Waals surface area contributed by atoms with E-state index in [0.29, 0.717) is 5.56 Å². The smallest absolute Gasteiger partial charge is 0.255 e. The molecule has 1 N–H and O–H groups in total. The maximum Gasteiger partial charge on any atom is 0.255 e. The Morgan fingerprint density at radius 2 is 1.95 bits per heavy atom. The van der Waals surface area contributed by atoms with Crippen molar-refractivity contribution in [3.8, 4) is 11.1 Å². The van der Waals surface area contributed by atoms with Gasteiger partial charge in [-0.1, -0.05) is 20.8 Å². The summed E-state index contributed by atoms with van der Waals surface area (Å²) in [7, 11) is 0. The van der Waals surface area contributed by atoms with Gasteiger partial charge in [-0.05, 0) is 47.7 Å². The number of aromatic amines is 1. The second-order valence-corrected chi connectivity index (χ2v) is 6.48. The Morgan fingerprint density at radius 1 is 1.19 bits per heavy atom. The second-order valence-electron chi connectivity index (χ2n) is 6.48. The number of hydrogen-bond donors (Lipinski definition) is 1. The maximum absolute atomic E-state index is 12.1. The molecule has 0 spiro atoms. The number of aromatic nitrogens is 1. The monoisotopic (exact) mass is 281 g/mol. The van der Waals surface area contributed by atoms with Crippen molar-refractivity contribution in [1.82, 2.24) is 4.98 Å². The van der Waals surface area contributed by atoms with Gasteiger partial charge in [0.15, 0.2) is 0 Å². The van der Waals surface area contributed by atoms with E-state index in [1.807, 2.05) is 25.1 Å². The predicted molar refractivity (Wildman–Crippen MR) is 85.7 cm³/mol. The molecule has 2 heterocycles. The molecule has 0 amide bonds. The number of H-pyrrole nitrogens is 1. The van der Waals surface area contributed by atoms with Crippen molar-refractivity contribution >= 4 is 11.0 Å². The molecule has 108 valence electrons. The summed E-state index contributed by atoms with van der Waals surface area (Å²) >= 11 is 0. The van der Waals surface area contributed by atoms with Crippen LogP contribution in [0.25, 0.3) is 22.1 Å². The van der Waals surface area contributed by atoms with Gasteiger partial charge in [-0.25, -0.2) is 0 Å². The Bertz CT molecular complexity index is 863. The zero-order chi connectivity index (χ0) is 15.2. The van der Waals surface area contributed by atoms with Gasteiger partial charge in [-0.3, -0.25) is 4.79 Å². The van der Waals surface area contributed by atoms with Crippen LogP contribution in [0.3, 0.4) is 0 Å². The Hall–Kier alpha value is -2.29. The van der Waals surface area contributed by atoms with Crippen molar-refractivity contribution in [1.29, 1.82) is 0 Å². The Kier molecular flexibility index (Phi) is 3.01. The van der Waals surface area contributed by atoms with Crippen LogP contribution in [0.2, 0.25) is 0 Å². The normalized spacial score (nSPS) is 12.0. The van der Waals surface area contributed by atoms with Gasteiger partial charge in [-0.2, -0.15) is 0 Å². The first-order valence-corrected chi connectivity index (χ1v) is 7.08. The third-order valence-electron chi connectivity index (χ3n) is 3.80. The van der Waals surface area contributed by atoms with Gasteiger partial charge >= 0.3 is 0 Å². The van der Waals surface area contributed by atoms with Crippen LogP contribution in [0.15, 0.2) is 45.9 Å². The maximum atomic E-state index is 12.1. The zero-order valence-electron chi connectivity index (χ0n) is 12.8. The Balaban J connectivity index is 2.38. The van der Waals surface area contributed by atoms with E-state index in [0.717, 1.165) is 27.7 Å². The topological polar surface area (TPSA) is 46.0 Å². The minimum Gasteiger partial charge on any atom is -0.464 e. The SMILES string of the molecule is Cc1coc2c(C(C)(C)C)cc(-c3ccc[nH]c3=O)cc12. The van der Waals surface area contributed by atoms with Gasteiger partial charge in [0.25, 0.3) is 5.56 Å². The number of furan rings is 1. The van der Waals surface area contributed by atoms with Gasteiger partial charge in [-0.15, -0.1) is 0 Å². The molecule has 0 aliphatic heterocycles. The number of nitrogens with one attached hydrogen (secondary N) is 1. The summed E-state index contributed by atoms with van der Waals surface area (Å²) in [5.41, 5.74) is 4.61. The van der Waals surface area contributed by atoms with Crippen LogP contribution >= 0.6 is 0 Å². The third kappa shape index (κ3) is 2.29. The van der Waals surface area contributed by atoms with E-state index in [2.05, 4.69) is 31.8 Å². The van der Waals surface area contributed by atoms with Crippen LogP contribution in [0.4, 0.5) is 0 Å². The first-order valence-electron chi connectivity index (χ1n) is 7.08. The van der Waals surface area contributed by atoms with Crippen LogP contribution in [0, 0.1) is 6.92 Å². The summed E-state index contributed by atoms with van der Waals surface area (Å²) < 4.78 is 5.74. The summed E-state index contributed by atoms with van der Waals surface area (Å²) in [6.45, 7) is 8.48. The van der Waals surface area contributed by atoms with Crippen molar-refractivity contribution in [3.63, 3.8) is 0 Å². The van der Waals surface area contributed by atoms with E-state index >= 15 is 0 Å². The van der Waals surface area contributed by atoms with Crippen LogP contribution in [0.5, 0.6) is 0 Å². The van der Waals surface area contributed by atoms with Crippen molar-refractivity contribution in [3.05, 3.63) is 58.2 Å². The van der Waals surface area contributed by atoms with E-state index in [-0.39, 0.29) is 11.0 Å². The molecule has 1 aromatic carbocycles. The fourth-order valence-electron chi connectivity index (χ4n) is 2.62. The fraction of sp³-hybridized carbons (Fsp3) is 0.278. The van der Waals surface area contributed by atoms with Gasteiger partial charge in [0, 0.05) is 22.7 Å². The molecule has 2 aromatic heterocycles. The second kappa shape index (κ2) is 4.62. The minimum absolute atomic E-state index is 0.0555. The van der Waals surface area contributed by atoms with Crippen molar-refractivity contribution in [2.75, 3.05) is 0 Å². The molecule has 0 radical (unpaired) electrons. The number of pyridine rings is 1. The van der Waals surface area contributed by atoms with Crippen LogP contribution in [-0.2, 0) is 5.41 Å². The molecule has 0 saturated carbocycles. The lowest BCUT2D eigenvalue weighted by Gasteiger charge is -2.20. The van der Waals surface area contributed by atoms with E-state index in [9.17, 15) is 4.79 Å². The molecule has 0 unspecified atom stereocenters. The van der Waals surface area contributed by atoms with Gasteiger partial charge in [0.1, 0.15) is 5.58 Å². The molecule has 3 rings (SSSR count). The Morgan fingerprint density at radius 3 is 2.62 bits per heavy atom. The molecule has 3 heteroatoms. The van der Waals surface area contributed by atoms with Gasteiger partial charge < -0.3 is 9.40 Å². The lowest BCUT2D eigenvalue weighted by atomic mass is 9.84. The van der Waals surface area contributed by atoms with E-state index in [1.165, 1.54) is 0 Å². The Labute approximate surface area is 123 Å². The first-order chi connectivity index (χ1) is 9.88. The summed E-state index contributed by atoms with van der Waals surface area (Å²) in [6, 6.07) is 7.80. The number of fused-ring (bicyclic) bond motifs is 1. The molecule has 3 aromatic rings. The molecule has 21 heavy (non-hydrogen) atoms. The quantitative estimate of drug-likeness (QED) is 0.719. The summed E-state index contributed by atoms with van der Waals surface area (Å²) in [6.07, 6.45) is 3.43. The van der Waals surface area contributed by atoms with Crippen molar-refractivity contribution < 1.29 is 4.42 Å². The lowest BCUT2D eigenvalue weighted by molar-refractivity contribution is 0.558. The minimum atomic E-state index is -0.0714. The summed E-state index contributed by atoms with van der Waals surface area (Å²) in [5, 5.41) is 1.07. The van der Waals surface area contributed by atoms with E-state index < -0.39 is 0 Å². The first kappa shape index (κ1) is 13.7. The number of rotatable bonds is 1. The summed E-state index contributed by atoms with van der Waals surface area (Å²) in [4.78, 5) is 14.8. The fourth-order valence-corrected chi connectivity index (χ4v) is 2.62.